The molecule has 0 radical (unpaired) electrons. The van der Waals surface area contributed by atoms with E-state index in [0.717, 1.165) is 12.8 Å². The standard InChI is InChI=1S/C13H21N5O2/c1-8(9(2)14)13(20)17-11-5-15-18(6-11)7-12(19)16-10-3-4-10/h5-6,8-10H,3-4,7,14H2,1-2H3,(H,16,19)(H,17,20). The molecule has 7 nitrogen and oxygen atoms in total. The number of hydrogen-bond acceptors (Lipinski definition) is 4. The molecule has 1 aliphatic carbocycles. The van der Waals surface area contributed by atoms with E-state index in [1.807, 2.05) is 0 Å². The highest BCUT2D eigenvalue weighted by atomic mass is 16.2. The van der Waals surface area contributed by atoms with E-state index in [9.17, 15) is 9.59 Å². The Kier molecular flexibility index (Phi) is 4.39. The molecule has 0 saturated heterocycles. The molecule has 0 bridgehead atoms. The number of rotatable bonds is 6. The van der Waals surface area contributed by atoms with Crippen LogP contribution in [0.5, 0.6) is 0 Å². The van der Waals surface area contributed by atoms with E-state index in [0.29, 0.717) is 11.7 Å². The van der Waals surface area contributed by atoms with Gasteiger partial charge in [0.05, 0.1) is 17.8 Å². The Balaban J connectivity index is 1.85. The van der Waals surface area contributed by atoms with Crippen molar-refractivity contribution in [3.8, 4) is 0 Å². The summed E-state index contributed by atoms with van der Waals surface area (Å²) < 4.78 is 1.50. The Hall–Kier alpha value is -1.89. The van der Waals surface area contributed by atoms with Gasteiger partial charge in [0.15, 0.2) is 0 Å². The first-order valence-electron chi connectivity index (χ1n) is 6.84. The molecule has 2 amide bonds. The minimum Gasteiger partial charge on any atom is -0.352 e. The first-order valence-corrected chi connectivity index (χ1v) is 6.84. The number of carbonyl (C=O) groups is 2. The Morgan fingerprint density at radius 3 is 2.80 bits per heavy atom. The fourth-order valence-electron chi connectivity index (χ4n) is 1.66. The van der Waals surface area contributed by atoms with Gasteiger partial charge in [0.1, 0.15) is 6.54 Å². The maximum atomic E-state index is 11.8. The summed E-state index contributed by atoms with van der Waals surface area (Å²) in [6.07, 6.45) is 5.27. The lowest BCUT2D eigenvalue weighted by molar-refractivity contribution is -0.122. The van der Waals surface area contributed by atoms with E-state index < -0.39 is 0 Å². The Morgan fingerprint density at radius 1 is 1.50 bits per heavy atom. The van der Waals surface area contributed by atoms with Crippen molar-refractivity contribution in [2.24, 2.45) is 11.7 Å². The van der Waals surface area contributed by atoms with Gasteiger partial charge in [0, 0.05) is 18.3 Å². The molecule has 1 fully saturated rings. The zero-order valence-corrected chi connectivity index (χ0v) is 11.8. The Morgan fingerprint density at radius 2 is 2.20 bits per heavy atom. The van der Waals surface area contributed by atoms with E-state index >= 15 is 0 Å². The molecule has 1 heterocycles. The molecule has 0 aromatic carbocycles. The van der Waals surface area contributed by atoms with Gasteiger partial charge in [0.2, 0.25) is 11.8 Å². The maximum Gasteiger partial charge on any atom is 0.241 e. The van der Waals surface area contributed by atoms with Gasteiger partial charge < -0.3 is 16.4 Å². The van der Waals surface area contributed by atoms with Gasteiger partial charge in [-0.1, -0.05) is 6.92 Å². The number of nitrogens with one attached hydrogen (secondary N) is 2. The number of carbonyl (C=O) groups excluding carboxylic acids is 2. The van der Waals surface area contributed by atoms with Crippen LogP contribution in [0.3, 0.4) is 0 Å². The van der Waals surface area contributed by atoms with Crippen molar-refractivity contribution in [1.82, 2.24) is 15.1 Å². The molecule has 4 N–H and O–H groups in total. The van der Waals surface area contributed by atoms with Crippen molar-refractivity contribution in [2.75, 3.05) is 5.32 Å². The van der Waals surface area contributed by atoms with Crippen molar-refractivity contribution in [2.45, 2.75) is 45.3 Å². The molecule has 2 rings (SSSR count). The van der Waals surface area contributed by atoms with Gasteiger partial charge in [-0.25, -0.2) is 0 Å². The van der Waals surface area contributed by atoms with Gasteiger partial charge >= 0.3 is 0 Å². The molecule has 1 saturated carbocycles. The number of amides is 2. The molecular weight excluding hydrogens is 258 g/mol. The molecule has 110 valence electrons. The van der Waals surface area contributed by atoms with Gasteiger partial charge in [-0.2, -0.15) is 5.10 Å². The molecule has 7 heteroatoms. The lowest BCUT2D eigenvalue weighted by Crippen LogP contribution is -2.34. The first-order chi connectivity index (χ1) is 9.45. The smallest absolute Gasteiger partial charge is 0.241 e. The average Bonchev–Trinajstić information content (AvgIpc) is 3.08. The van der Waals surface area contributed by atoms with Crippen molar-refractivity contribution >= 4 is 17.5 Å². The number of nitrogens with zero attached hydrogens (tertiary/aromatic N) is 2. The van der Waals surface area contributed by atoms with Gasteiger partial charge in [-0.05, 0) is 19.8 Å². The quantitative estimate of drug-likeness (QED) is 0.686. The zero-order valence-electron chi connectivity index (χ0n) is 11.8. The van der Waals surface area contributed by atoms with Crippen molar-refractivity contribution < 1.29 is 9.59 Å². The second-order valence-electron chi connectivity index (χ2n) is 5.41. The van der Waals surface area contributed by atoms with Crippen LogP contribution in [-0.4, -0.2) is 33.7 Å². The number of hydrogen-bond donors (Lipinski definition) is 3. The van der Waals surface area contributed by atoms with Crippen LogP contribution < -0.4 is 16.4 Å². The fourth-order valence-corrected chi connectivity index (χ4v) is 1.66. The van der Waals surface area contributed by atoms with E-state index in [4.69, 9.17) is 5.73 Å². The summed E-state index contributed by atoms with van der Waals surface area (Å²) in [5.74, 6) is -0.490. The predicted octanol–water partition coefficient (Wildman–Crippen LogP) is 0.0835. The van der Waals surface area contributed by atoms with Crippen LogP contribution in [0.2, 0.25) is 0 Å². The topological polar surface area (TPSA) is 102 Å². The second-order valence-corrected chi connectivity index (χ2v) is 5.41. The van der Waals surface area contributed by atoms with Gasteiger partial charge in [-0.3, -0.25) is 14.3 Å². The van der Waals surface area contributed by atoms with Crippen LogP contribution in [0.4, 0.5) is 5.69 Å². The zero-order chi connectivity index (χ0) is 14.7. The molecular formula is C13H21N5O2. The summed E-state index contributed by atoms with van der Waals surface area (Å²) in [5.41, 5.74) is 6.25. The van der Waals surface area contributed by atoms with Gasteiger partial charge in [-0.15, -0.1) is 0 Å². The molecule has 1 aromatic rings. The summed E-state index contributed by atoms with van der Waals surface area (Å²) in [7, 11) is 0. The SMILES string of the molecule is CC(N)C(C)C(=O)Nc1cnn(CC(=O)NC2CC2)c1. The predicted molar refractivity (Wildman–Crippen MR) is 74.8 cm³/mol. The lowest BCUT2D eigenvalue weighted by atomic mass is 10.0. The third kappa shape index (κ3) is 4.06. The Labute approximate surface area is 117 Å². The molecule has 1 aromatic heterocycles. The average molecular weight is 279 g/mol. The summed E-state index contributed by atoms with van der Waals surface area (Å²) in [6.45, 7) is 3.72. The van der Waals surface area contributed by atoms with E-state index in [2.05, 4.69) is 15.7 Å². The van der Waals surface area contributed by atoms with Crippen LogP contribution in [0.15, 0.2) is 12.4 Å². The summed E-state index contributed by atoms with van der Waals surface area (Å²) in [5, 5.41) is 9.67. The monoisotopic (exact) mass is 279 g/mol. The van der Waals surface area contributed by atoms with Crippen LogP contribution in [-0.2, 0) is 16.1 Å². The highest BCUT2D eigenvalue weighted by Crippen LogP contribution is 2.18. The summed E-state index contributed by atoms with van der Waals surface area (Å²) in [4.78, 5) is 23.4. The fraction of sp³-hybridized carbons (Fsp3) is 0.615. The largest absolute Gasteiger partial charge is 0.352 e. The molecule has 2 unspecified atom stereocenters. The molecule has 2 atom stereocenters. The maximum absolute atomic E-state index is 11.8. The summed E-state index contributed by atoms with van der Waals surface area (Å²) in [6, 6.07) is 0.124. The molecule has 1 aliphatic rings. The second kappa shape index (κ2) is 6.04. The highest BCUT2D eigenvalue weighted by molar-refractivity contribution is 5.92. The van der Waals surface area contributed by atoms with E-state index in [1.54, 1.807) is 20.0 Å². The Bertz CT molecular complexity index is 493. The van der Waals surface area contributed by atoms with E-state index in [-0.39, 0.29) is 30.3 Å². The third-order valence-electron chi connectivity index (χ3n) is 3.35. The number of anilines is 1. The summed E-state index contributed by atoms with van der Waals surface area (Å²) >= 11 is 0. The lowest BCUT2D eigenvalue weighted by Gasteiger charge is -2.14. The molecule has 0 aliphatic heterocycles. The first kappa shape index (κ1) is 14.5. The van der Waals surface area contributed by atoms with Crippen LogP contribution >= 0.6 is 0 Å². The number of aromatic nitrogens is 2. The molecule has 0 spiro atoms. The van der Waals surface area contributed by atoms with Crippen molar-refractivity contribution in [3.63, 3.8) is 0 Å². The van der Waals surface area contributed by atoms with Crippen molar-refractivity contribution in [3.05, 3.63) is 12.4 Å². The van der Waals surface area contributed by atoms with Crippen LogP contribution in [0.1, 0.15) is 26.7 Å². The highest BCUT2D eigenvalue weighted by Gasteiger charge is 2.23. The van der Waals surface area contributed by atoms with Crippen LogP contribution in [0.25, 0.3) is 0 Å². The normalized spacial score (nSPS) is 17.4. The van der Waals surface area contributed by atoms with Crippen LogP contribution in [0, 0.1) is 5.92 Å². The minimum atomic E-state index is -0.281. The van der Waals surface area contributed by atoms with E-state index in [1.165, 1.54) is 10.9 Å². The van der Waals surface area contributed by atoms with Gasteiger partial charge in [0.25, 0.3) is 0 Å². The van der Waals surface area contributed by atoms with Crippen molar-refractivity contribution in [1.29, 1.82) is 0 Å². The minimum absolute atomic E-state index is 0.0579. The third-order valence-corrected chi connectivity index (χ3v) is 3.35. The number of nitrogens with two attached hydrogens (primary N) is 1. The molecule has 20 heavy (non-hydrogen) atoms.